The van der Waals surface area contributed by atoms with Crippen molar-refractivity contribution in [2.75, 3.05) is 13.2 Å². The van der Waals surface area contributed by atoms with Gasteiger partial charge < -0.3 is 20.0 Å². The third-order valence-corrected chi connectivity index (χ3v) is 4.79. The lowest BCUT2D eigenvalue weighted by Crippen LogP contribution is -2.39. The van der Waals surface area contributed by atoms with Crippen LogP contribution >= 0.6 is 0 Å². The summed E-state index contributed by atoms with van der Waals surface area (Å²) in [7, 11) is 0. The smallest absolute Gasteiger partial charge is 0.130 e. The minimum atomic E-state index is -0.498. The monoisotopic (exact) mass is 333 g/mol. The standard InChI is InChI=1S/C20H31NO3/c1-15-3-9-18(10-4-15)21-13-19(23)14-24-20-11-7-17(8-12-20)6-5-16(2)22/h7-8,11-12,15,18-19,21,23H,3-6,9-10,13-14H2,1-2H3. The summed E-state index contributed by atoms with van der Waals surface area (Å²) in [5.74, 6) is 1.81. The second-order valence-electron chi connectivity index (χ2n) is 7.18. The zero-order chi connectivity index (χ0) is 17.4. The van der Waals surface area contributed by atoms with E-state index in [1.165, 1.54) is 25.7 Å². The molecule has 1 unspecified atom stereocenters. The molecule has 0 saturated heterocycles. The molecule has 24 heavy (non-hydrogen) atoms. The number of aliphatic hydroxyl groups is 1. The third-order valence-electron chi connectivity index (χ3n) is 4.79. The molecular formula is C20H31NO3. The van der Waals surface area contributed by atoms with Gasteiger partial charge in [0.2, 0.25) is 0 Å². The third kappa shape index (κ3) is 7.02. The van der Waals surface area contributed by atoms with Crippen molar-refractivity contribution >= 4 is 5.78 Å². The highest BCUT2D eigenvalue weighted by molar-refractivity contribution is 5.75. The average molecular weight is 333 g/mol. The van der Waals surface area contributed by atoms with E-state index in [2.05, 4.69) is 12.2 Å². The van der Waals surface area contributed by atoms with Crippen LogP contribution in [0.4, 0.5) is 0 Å². The number of carbonyl (C=O) groups excluding carboxylic acids is 1. The van der Waals surface area contributed by atoms with Crippen LogP contribution in [0.25, 0.3) is 0 Å². The Balaban J connectivity index is 1.64. The molecule has 0 aromatic heterocycles. The molecule has 0 heterocycles. The normalized spacial score (nSPS) is 22.1. The summed E-state index contributed by atoms with van der Waals surface area (Å²) in [5.41, 5.74) is 1.13. The van der Waals surface area contributed by atoms with Gasteiger partial charge in [-0.15, -0.1) is 0 Å². The number of aryl methyl sites for hydroxylation is 1. The van der Waals surface area contributed by atoms with Gasteiger partial charge in [-0.2, -0.15) is 0 Å². The summed E-state index contributed by atoms with van der Waals surface area (Å²) in [5, 5.41) is 13.5. The highest BCUT2D eigenvalue weighted by Crippen LogP contribution is 2.23. The number of aliphatic hydroxyl groups excluding tert-OH is 1. The maximum Gasteiger partial charge on any atom is 0.130 e. The topological polar surface area (TPSA) is 58.6 Å². The van der Waals surface area contributed by atoms with Gasteiger partial charge in [0.25, 0.3) is 0 Å². The van der Waals surface area contributed by atoms with Crippen LogP contribution in [0.5, 0.6) is 5.75 Å². The number of ether oxygens (including phenoxy) is 1. The number of hydrogen-bond acceptors (Lipinski definition) is 4. The number of Topliss-reactive ketones (excluding diaryl/α,β-unsaturated/α-hetero) is 1. The number of nitrogens with one attached hydrogen (secondary N) is 1. The Morgan fingerprint density at radius 1 is 1.25 bits per heavy atom. The van der Waals surface area contributed by atoms with Crippen LogP contribution in [0.1, 0.15) is 51.5 Å². The van der Waals surface area contributed by atoms with Gasteiger partial charge >= 0.3 is 0 Å². The van der Waals surface area contributed by atoms with Crippen LogP contribution < -0.4 is 10.1 Å². The highest BCUT2D eigenvalue weighted by atomic mass is 16.5. The van der Waals surface area contributed by atoms with Gasteiger partial charge in [-0.25, -0.2) is 0 Å². The Kier molecular flexibility index (Phi) is 7.73. The molecule has 0 radical (unpaired) electrons. The van der Waals surface area contributed by atoms with Gasteiger partial charge in [-0.05, 0) is 62.6 Å². The summed E-state index contributed by atoms with van der Waals surface area (Å²) in [6, 6.07) is 8.30. The number of rotatable bonds is 9. The number of ketones is 1. The largest absolute Gasteiger partial charge is 0.491 e. The molecule has 1 atom stereocenters. The Bertz CT molecular complexity index is 492. The van der Waals surface area contributed by atoms with Crippen molar-refractivity contribution in [2.24, 2.45) is 5.92 Å². The van der Waals surface area contributed by atoms with Gasteiger partial charge in [0, 0.05) is 19.0 Å². The minimum absolute atomic E-state index is 0.207. The lowest BCUT2D eigenvalue weighted by atomic mass is 9.87. The molecule has 1 aliphatic carbocycles. The summed E-state index contributed by atoms with van der Waals surface area (Å²) in [6.45, 7) is 4.80. The second-order valence-corrected chi connectivity index (χ2v) is 7.18. The Hall–Kier alpha value is -1.39. The molecule has 2 rings (SSSR count). The predicted octanol–water partition coefficient (Wildman–Crippen LogP) is 3.12. The van der Waals surface area contributed by atoms with E-state index < -0.39 is 6.10 Å². The molecule has 2 N–H and O–H groups in total. The molecule has 0 amide bonds. The molecule has 1 aromatic carbocycles. The molecule has 134 valence electrons. The summed E-state index contributed by atoms with van der Waals surface area (Å²) < 4.78 is 5.65. The SMILES string of the molecule is CC(=O)CCc1ccc(OCC(O)CNC2CCC(C)CC2)cc1. The van der Waals surface area contributed by atoms with Crippen molar-refractivity contribution in [2.45, 2.75) is 64.5 Å². The summed E-state index contributed by atoms with van der Waals surface area (Å²) in [4.78, 5) is 11.0. The van der Waals surface area contributed by atoms with Crippen LogP contribution in [0.15, 0.2) is 24.3 Å². The molecule has 4 heteroatoms. The Labute approximate surface area is 145 Å². The van der Waals surface area contributed by atoms with E-state index in [1.807, 2.05) is 24.3 Å². The molecule has 0 spiro atoms. The fraction of sp³-hybridized carbons (Fsp3) is 0.650. The molecule has 0 bridgehead atoms. The van der Waals surface area contributed by atoms with E-state index in [9.17, 15) is 9.90 Å². The zero-order valence-corrected chi connectivity index (χ0v) is 15.0. The van der Waals surface area contributed by atoms with Gasteiger partial charge in [-0.3, -0.25) is 0 Å². The molecule has 4 nitrogen and oxygen atoms in total. The quantitative estimate of drug-likeness (QED) is 0.729. The van der Waals surface area contributed by atoms with Crippen molar-refractivity contribution in [3.8, 4) is 5.75 Å². The second kappa shape index (κ2) is 9.80. The van der Waals surface area contributed by atoms with Gasteiger partial charge in [-0.1, -0.05) is 19.1 Å². The molecule has 0 aliphatic heterocycles. The van der Waals surface area contributed by atoms with Crippen LogP contribution in [-0.2, 0) is 11.2 Å². The fourth-order valence-corrected chi connectivity index (χ4v) is 3.09. The van der Waals surface area contributed by atoms with Crippen molar-refractivity contribution in [3.05, 3.63) is 29.8 Å². The van der Waals surface area contributed by atoms with Crippen molar-refractivity contribution in [3.63, 3.8) is 0 Å². The first-order chi connectivity index (χ1) is 11.5. The first-order valence-electron chi connectivity index (χ1n) is 9.15. The number of benzene rings is 1. The fourth-order valence-electron chi connectivity index (χ4n) is 3.09. The Morgan fingerprint density at radius 3 is 2.54 bits per heavy atom. The minimum Gasteiger partial charge on any atom is -0.491 e. The van der Waals surface area contributed by atoms with E-state index in [0.717, 1.165) is 23.7 Å². The first kappa shape index (κ1) is 18.9. The average Bonchev–Trinajstić information content (AvgIpc) is 2.58. The predicted molar refractivity (Wildman–Crippen MR) is 96.4 cm³/mol. The first-order valence-corrected chi connectivity index (χ1v) is 9.15. The van der Waals surface area contributed by atoms with Gasteiger partial charge in [0.1, 0.15) is 24.2 Å². The lowest BCUT2D eigenvalue weighted by Gasteiger charge is -2.27. The van der Waals surface area contributed by atoms with Gasteiger partial charge in [0.05, 0.1) is 0 Å². The lowest BCUT2D eigenvalue weighted by molar-refractivity contribution is -0.116. The molecule has 1 saturated carbocycles. The summed E-state index contributed by atoms with van der Waals surface area (Å²) >= 11 is 0. The number of hydrogen-bond donors (Lipinski definition) is 2. The molecule has 1 aromatic rings. The van der Waals surface area contributed by atoms with E-state index in [1.54, 1.807) is 6.92 Å². The van der Waals surface area contributed by atoms with E-state index in [-0.39, 0.29) is 5.78 Å². The van der Waals surface area contributed by atoms with Crippen molar-refractivity contribution in [1.82, 2.24) is 5.32 Å². The Morgan fingerprint density at radius 2 is 1.92 bits per heavy atom. The van der Waals surface area contributed by atoms with Crippen LogP contribution in [0.3, 0.4) is 0 Å². The van der Waals surface area contributed by atoms with E-state index >= 15 is 0 Å². The zero-order valence-electron chi connectivity index (χ0n) is 15.0. The molecule has 1 aliphatic rings. The van der Waals surface area contributed by atoms with Crippen LogP contribution in [0.2, 0.25) is 0 Å². The summed E-state index contributed by atoms with van der Waals surface area (Å²) in [6.07, 6.45) is 5.81. The van der Waals surface area contributed by atoms with E-state index in [0.29, 0.717) is 25.6 Å². The van der Waals surface area contributed by atoms with Crippen LogP contribution in [0, 0.1) is 5.92 Å². The molecular weight excluding hydrogens is 302 g/mol. The molecule has 1 fully saturated rings. The maximum atomic E-state index is 11.0. The highest BCUT2D eigenvalue weighted by Gasteiger charge is 2.18. The maximum absolute atomic E-state index is 11.0. The van der Waals surface area contributed by atoms with E-state index in [4.69, 9.17) is 4.74 Å². The van der Waals surface area contributed by atoms with Gasteiger partial charge in [0.15, 0.2) is 0 Å². The number of carbonyl (C=O) groups is 1. The van der Waals surface area contributed by atoms with Crippen molar-refractivity contribution < 1.29 is 14.6 Å². The van der Waals surface area contributed by atoms with Crippen LogP contribution in [-0.4, -0.2) is 36.2 Å². The van der Waals surface area contributed by atoms with Crippen molar-refractivity contribution in [1.29, 1.82) is 0 Å².